The summed E-state index contributed by atoms with van der Waals surface area (Å²) in [4.78, 5) is 24.5. The van der Waals surface area contributed by atoms with Crippen LogP contribution in [0.4, 0.5) is 21.0 Å². The van der Waals surface area contributed by atoms with Crippen LogP contribution in [0.1, 0.15) is 89.8 Å². The van der Waals surface area contributed by atoms with Crippen molar-refractivity contribution in [1.82, 2.24) is 0 Å². The lowest BCUT2D eigenvalue weighted by molar-refractivity contribution is -0.694. The summed E-state index contributed by atoms with van der Waals surface area (Å²) in [5.74, 6) is 1.40. The second-order valence-corrected chi connectivity index (χ2v) is 10.8. The average molecular weight is 609 g/mol. The van der Waals surface area contributed by atoms with Crippen LogP contribution in [0.3, 0.4) is 0 Å². The Balaban J connectivity index is 1.89. The molecule has 9 nitrogen and oxygen atoms in total. The van der Waals surface area contributed by atoms with Gasteiger partial charge in [0.2, 0.25) is 0 Å². The van der Waals surface area contributed by atoms with Crippen molar-refractivity contribution in [1.29, 1.82) is 0 Å². The van der Waals surface area contributed by atoms with Crippen molar-refractivity contribution in [2.24, 2.45) is 0 Å². The Bertz CT molecular complexity index is 1360. The fraction of sp³-hybridized carbons (Fsp3) is 0.514. The van der Waals surface area contributed by atoms with Gasteiger partial charge in [-0.25, -0.2) is 9.59 Å². The van der Waals surface area contributed by atoms with Gasteiger partial charge in [0.15, 0.2) is 29.9 Å². The van der Waals surface area contributed by atoms with Gasteiger partial charge in [-0.05, 0) is 49.9 Å². The first-order valence-electron chi connectivity index (χ1n) is 16.0. The predicted molar refractivity (Wildman–Crippen MR) is 175 cm³/mol. The smallest absolute Gasteiger partial charge is 0.411 e. The topological polar surface area (TPSA) is 99.0 Å². The Kier molecular flexibility index (Phi) is 14.6. The molecule has 0 aliphatic carbocycles. The van der Waals surface area contributed by atoms with Crippen molar-refractivity contribution >= 4 is 34.3 Å². The van der Waals surface area contributed by atoms with Crippen LogP contribution < -0.4 is 24.7 Å². The van der Waals surface area contributed by atoms with Gasteiger partial charge in [-0.15, -0.1) is 0 Å². The van der Waals surface area contributed by atoms with E-state index >= 15 is 0 Å². The number of nitrogens with one attached hydrogen (secondary N) is 2. The zero-order valence-electron chi connectivity index (χ0n) is 27.1. The van der Waals surface area contributed by atoms with E-state index in [1.54, 1.807) is 34.1 Å². The standard InChI is InChI=1S/C35H49N3O6/c1-6-9-10-11-12-13-14-15-16-17-31-28-24-33(42-5)32(41-4)23-27(28)20-21-38(31)25-26-18-19-29(36-34(39)43-7-2)30(22-26)37-35(40)44-8-3/h18-24H,6-17,25H2,1-5H3,(H-,36,37,39,40)/p+1. The van der Waals surface area contributed by atoms with E-state index in [1.807, 2.05) is 18.2 Å². The van der Waals surface area contributed by atoms with Gasteiger partial charge >= 0.3 is 12.2 Å². The zero-order chi connectivity index (χ0) is 31.7. The predicted octanol–water partition coefficient (Wildman–Crippen LogP) is 8.40. The summed E-state index contributed by atoms with van der Waals surface area (Å²) >= 11 is 0. The Labute approximate surface area is 262 Å². The molecule has 0 saturated heterocycles. The van der Waals surface area contributed by atoms with Crippen LogP contribution in [0, 0.1) is 0 Å². The van der Waals surface area contributed by atoms with Crippen LogP contribution in [0.25, 0.3) is 10.8 Å². The zero-order valence-corrected chi connectivity index (χ0v) is 27.1. The highest BCUT2D eigenvalue weighted by Gasteiger charge is 2.20. The lowest BCUT2D eigenvalue weighted by Gasteiger charge is -2.14. The summed E-state index contributed by atoms with van der Waals surface area (Å²) in [6.07, 6.45) is 13.2. The number of anilines is 2. The van der Waals surface area contributed by atoms with Crippen molar-refractivity contribution in [2.45, 2.75) is 91.5 Å². The minimum atomic E-state index is -0.595. The molecule has 2 amide bonds. The number of hydrogen-bond donors (Lipinski definition) is 2. The summed E-state index contributed by atoms with van der Waals surface area (Å²) in [5, 5.41) is 7.67. The Hall–Kier alpha value is -4.01. The van der Waals surface area contributed by atoms with Gasteiger partial charge in [0.1, 0.15) is 0 Å². The lowest BCUT2D eigenvalue weighted by Crippen LogP contribution is -2.39. The summed E-state index contributed by atoms with van der Waals surface area (Å²) in [7, 11) is 3.31. The van der Waals surface area contributed by atoms with Gasteiger partial charge < -0.3 is 18.9 Å². The number of aryl methyl sites for hydroxylation is 1. The highest BCUT2D eigenvalue weighted by Crippen LogP contribution is 2.33. The third-order valence-corrected chi connectivity index (χ3v) is 7.63. The van der Waals surface area contributed by atoms with Crippen molar-refractivity contribution in [3.63, 3.8) is 0 Å². The molecule has 1 heterocycles. The fourth-order valence-electron chi connectivity index (χ4n) is 5.38. The largest absolute Gasteiger partial charge is 0.493 e. The van der Waals surface area contributed by atoms with Crippen LogP contribution in [-0.4, -0.2) is 39.6 Å². The third-order valence-electron chi connectivity index (χ3n) is 7.63. The molecule has 2 N–H and O–H groups in total. The molecule has 0 spiro atoms. The van der Waals surface area contributed by atoms with Crippen LogP contribution in [-0.2, 0) is 22.4 Å². The molecule has 44 heavy (non-hydrogen) atoms. The van der Waals surface area contributed by atoms with E-state index in [1.165, 1.54) is 57.1 Å². The summed E-state index contributed by atoms with van der Waals surface area (Å²) in [6.45, 7) is 6.76. The van der Waals surface area contributed by atoms with Crippen LogP contribution in [0.15, 0.2) is 42.6 Å². The van der Waals surface area contributed by atoms with Crippen molar-refractivity contribution in [3.8, 4) is 11.5 Å². The SMILES string of the molecule is CCCCCCCCCCCc1c2cc(OC)c(OC)cc2cc[n+]1Cc1ccc(NC(=O)OCC)c(NC(=O)OCC)c1. The van der Waals surface area contributed by atoms with Gasteiger partial charge in [0, 0.05) is 18.1 Å². The maximum Gasteiger partial charge on any atom is 0.411 e. The van der Waals surface area contributed by atoms with E-state index in [0.717, 1.165) is 29.2 Å². The molecule has 9 heteroatoms. The minimum absolute atomic E-state index is 0.232. The number of carbonyl (C=O) groups is 2. The van der Waals surface area contributed by atoms with Crippen LogP contribution in [0.2, 0.25) is 0 Å². The number of nitrogens with zero attached hydrogens (tertiary/aromatic N) is 1. The van der Waals surface area contributed by atoms with E-state index in [9.17, 15) is 9.59 Å². The van der Waals surface area contributed by atoms with E-state index in [0.29, 0.717) is 29.4 Å². The molecule has 0 saturated carbocycles. The molecule has 2 aromatic carbocycles. The van der Waals surface area contributed by atoms with E-state index in [2.05, 4.69) is 40.5 Å². The Morgan fingerprint density at radius 3 is 1.91 bits per heavy atom. The van der Waals surface area contributed by atoms with E-state index in [4.69, 9.17) is 18.9 Å². The number of carbonyl (C=O) groups excluding carboxylic acids is 2. The van der Waals surface area contributed by atoms with E-state index in [-0.39, 0.29) is 13.2 Å². The molecule has 3 rings (SSSR count). The molecule has 1 aromatic heterocycles. The number of rotatable bonds is 18. The summed E-state index contributed by atoms with van der Waals surface area (Å²) < 4.78 is 23.6. The number of unbranched alkanes of at least 4 members (excludes halogenated alkanes) is 8. The molecular formula is C35H50N3O6+. The molecule has 0 bridgehead atoms. The van der Waals surface area contributed by atoms with Crippen molar-refractivity contribution in [2.75, 3.05) is 38.1 Å². The fourth-order valence-corrected chi connectivity index (χ4v) is 5.38. The van der Waals surface area contributed by atoms with Crippen LogP contribution >= 0.6 is 0 Å². The number of methoxy groups -OCH3 is 2. The van der Waals surface area contributed by atoms with Gasteiger partial charge in [-0.3, -0.25) is 10.6 Å². The van der Waals surface area contributed by atoms with Gasteiger partial charge in [0.25, 0.3) is 0 Å². The quantitative estimate of drug-likeness (QED) is 0.111. The average Bonchev–Trinajstić information content (AvgIpc) is 3.01. The van der Waals surface area contributed by atoms with Gasteiger partial charge in [-0.2, -0.15) is 4.57 Å². The number of pyridine rings is 1. The maximum absolute atomic E-state index is 12.3. The van der Waals surface area contributed by atoms with Gasteiger partial charge in [0.05, 0.1) is 44.2 Å². The first kappa shape index (κ1) is 34.5. The molecule has 240 valence electrons. The lowest BCUT2D eigenvalue weighted by atomic mass is 10.0. The monoisotopic (exact) mass is 608 g/mol. The summed E-state index contributed by atoms with van der Waals surface area (Å²) in [6, 6.07) is 11.7. The van der Waals surface area contributed by atoms with Gasteiger partial charge in [-0.1, -0.05) is 64.4 Å². The number of amides is 2. The van der Waals surface area contributed by atoms with Crippen molar-refractivity contribution < 1.29 is 33.1 Å². The van der Waals surface area contributed by atoms with E-state index < -0.39 is 12.2 Å². The summed E-state index contributed by atoms with van der Waals surface area (Å²) in [5.41, 5.74) is 3.02. The molecule has 0 fully saturated rings. The van der Waals surface area contributed by atoms with Crippen LogP contribution in [0.5, 0.6) is 11.5 Å². The molecular weight excluding hydrogens is 558 g/mol. The molecule has 0 radical (unpaired) electrons. The second kappa shape index (κ2) is 18.6. The Morgan fingerprint density at radius 2 is 1.30 bits per heavy atom. The number of aromatic nitrogens is 1. The molecule has 0 aliphatic heterocycles. The molecule has 0 atom stereocenters. The Morgan fingerprint density at radius 1 is 0.705 bits per heavy atom. The number of benzene rings is 2. The normalized spacial score (nSPS) is 10.8. The second-order valence-electron chi connectivity index (χ2n) is 10.8. The van der Waals surface area contributed by atoms with Crippen molar-refractivity contribution in [3.05, 3.63) is 53.9 Å². The highest BCUT2D eigenvalue weighted by atomic mass is 16.6. The first-order chi connectivity index (χ1) is 21.4. The number of ether oxygens (including phenoxy) is 4. The third kappa shape index (κ3) is 10.3. The molecule has 0 unspecified atom stereocenters. The minimum Gasteiger partial charge on any atom is -0.493 e. The molecule has 0 aliphatic rings. The maximum atomic E-state index is 12.3. The first-order valence-corrected chi connectivity index (χ1v) is 16.0. The number of hydrogen-bond acceptors (Lipinski definition) is 6. The number of fused-ring (bicyclic) bond motifs is 1. The molecule has 3 aromatic rings. The highest BCUT2D eigenvalue weighted by molar-refractivity contribution is 5.95.